The lowest BCUT2D eigenvalue weighted by Crippen LogP contribution is -2.35. The number of aryl methyl sites for hydroxylation is 2. The summed E-state index contributed by atoms with van der Waals surface area (Å²) in [4.78, 5) is 25.6. The Labute approximate surface area is 226 Å². The van der Waals surface area contributed by atoms with Crippen molar-refractivity contribution in [3.8, 4) is 16.2 Å². The molecular weight excluding hydrogens is 504 g/mol. The number of carbonyl (C=O) groups excluding carboxylic acids is 1. The van der Waals surface area contributed by atoms with Gasteiger partial charge in [0.1, 0.15) is 5.75 Å². The monoisotopic (exact) mass is 534 g/mol. The highest BCUT2D eigenvalue weighted by molar-refractivity contribution is 7.15. The van der Waals surface area contributed by atoms with Gasteiger partial charge in [0.15, 0.2) is 0 Å². The van der Waals surface area contributed by atoms with Gasteiger partial charge in [-0.15, -0.1) is 11.3 Å². The second kappa shape index (κ2) is 10.4. The average Bonchev–Trinajstić information content (AvgIpc) is 3.53. The molecule has 1 amide bonds. The van der Waals surface area contributed by atoms with Crippen molar-refractivity contribution in [2.75, 3.05) is 27.2 Å². The van der Waals surface area contributed by atoms with Crippen LogP contribution in [0.4, 0.5) is 0 Å². The highest BCUT2D eigenvalue weighted by Crippen LogP contribution is 2.51. The maximum absolute atomic E-state index is 13.3. The van der Waals surface area contributed by atoms with Crippen molar-refractivity contribution in [3.05, 3.63) is 75.5 Å². The van der Waals surface area contributed by atoms with Crippen LogP contribution in [0.5, 0.6) is 5.75 Å². The molecule has 0 radical (unpaired) electrons. The van der Waals surface area contributed by atoms with Crippen LogP contribution in [0.1, 0.15) is 45.8 Å². The smallest absolute Gasteiger partial charge is 0.252 e. The van der Waals surface area contributed by atoms with Crippen molar-refractivity contribution in [1.29, 1.82) is 0 Å². The number of rotatable bonds is 5. The summed E-state index contributed by atoms with van der Waals surface area (Å²) in [5.74, 6) is 0.552. The standard InChI is InChI=1S/C25H22ClN3O2S.C4H9N/c1-14-6-7-16(31-3)11-18(14)24(30)29-25(8-9-25)20-12-19(21-13-28-15(2)32-21)22(26)23-17(20)5-4-10-27-23;1-5-3-2-4-5/h4-7,10-13H,8-9H2,1-3H3,(H,29,30);2-4H2,1H3. The van der Waals surface area contributed by atoms with Crippen LogP contribution in [0.25, 0.3) is 21.3 Å². The number of hydrogen-bond acceptors (Lipinski definition) is 6. The molecule has 0 spiro atoms. The van der Waals surface area contributed by atoms with E-state index in [1.54, 1.807) is 30.7 Å². The minimum Gasteiger partial charge on any atom is -0.497 e. The number of benzene rings is 2. The molecule has 4 aromatic rings. The Morgan fingerprint density at radius 1 is 1.16 bits per heavy atom. The molecule has 2 aromatic carbocycles. The van der Waals surface area contributed by atoms with Crippen molar-refractivity contribution in [3.63, 3.8) is 0 Å². The largest absolute Gasteiger partial charge is 0.497 e. The Hall–Kier alpha value is -3.00. The first-order valence-corrected chi connectivity index (χ1v) is 13.7. The molecule has 2 aromatic heterocycles. The number of fused-ring (bicyclic) bond motifs is 1. The number of pyridine rings is 1. The molecule has 1 aliphatic carbocycles. The number of hydrogen-bond donors (Lipinski definition) is 1. The maximum atomic E-state index is 13.3. The number of likely N-dealkylation sites (tertiary alicyclic amines) is 1. The van der Waals surface area contributed by atoms with Crippen molar-refractivity contribution in [2.24, 2.45) is 0 Å². The number of thiazole rings is 1. The second-order valence-electron chi connectivity index (χ2n) is 9.80. The summed E-state index contributed by atoms with van der Waals surface area (Å²) in [5, 5.41) is 5.85. The van der Waals surface area contributed by atoms with Crippen LogP contribution in [-0.2, 0) is 5.54 Å². The zero-order valence-corrected chi connectivity index (χ0v) is 23.2. The molecule has 3 heterocycles. The quantitative estimate of drug-likeness (QED) is 0.322. The Balaban J connectivity index is 0.000000503. The van der Waals surface area contributed by atoms with Gasteiger partial charge in [0.2, 0.25) is 0 Å². The topological polar surface area (TPSA) is 67.3 Å². The summed E-state index contributed by atoms with van der Waals surface area (Å²) in [5.41, 5.74) is 3.75. The van der Waals surface area contributed by atoms with Gasteiger partial charge in [0.05, 0.1) is 33.1 Å². The minimum absolute atomic E-state index is 0.110. The van der Waals surface area contributed by atoms with Gasteiger partial charge in [0, 0.05) is 28.9 Å². The third-order valence-electron chi connectivity index (χ3n) is 7.11. The first-order chi connectivity index (χ1) is 17.8. The summed E-state index contributed by atoms with van der Waals surface area (Å²) in [7, 11) is 3.74. The summed E-state index contributed by atoms with van der Waals surface area (Å²) < 4.78 is 5.32. The Kier molecular flexibility index (Phi) is 7.21. The Bertz CT molecular complexity index is 1460. The van der Waals surface area contributed by atoms with Crippen molar-refractivity contribution in [2.45, 2.75) is 38.6 Å². The predicted octanol–water partition coefficient (Wildman–Crippen LogP) is 6.38. The molecule has 2 aliphatic rings. The molecule has 1 saturated heterocycles. The Morgan fingerprint density at radius 2 is 1.92 bits per heavy atom. The summed E-state index contributed by atoms with van der Waals surface area (Å²) >= 11 is 8.39. The molecule has 1 aliphatic heterocycles. The van der Waals surface area contributed by atoms with E-state index >= 15 is 0 Å². The fourth-order valence-corrected chi connectivity index (χ4v) is 5.75. The highest BCUT2D eigenvalue weighted by atomic mass is 35.5. The number of nitrogens with one attached hydrogen (secondary N) is 1. The summed E-state index contributed by atoms with van der Waals surface area (Å²) in [6, 6.07) is 11.6. The Morgan fingerprint density at radius 3 is 2.51 bits per heavy atom. The van der Waals surface area contributed by atoms with Gasteiger partial charge in [-0.25, -0.2) is 4.98 Å². The molecule has 37 heavy (non-hydrogen) atoms. The van der Waals surface area contributed by atoms with Crippen molar-refractivity contribution >= 4 is 39.7 Å². The first-order valence-electron chi connectivity index (χ1n) is 12.5. The molecular formula is C29H31ClN4O2S. The van der Waals surface area contributed by atoms with E-state index in [4.69, 9.17) is 16.3 Å². The normalized spacial score (nSPS) is 15.9. The molecule has 1 saturated carbocycles. The van der Waals surface area contributed by atoms with E-state index < -0.39 is 5.54 Å². The molecule has 6 nitrogen and oxygen atoms in total. The van der Waals surface area contributed by atoms with Gasteiger partial charge in [-0.1, -0.05) is 23.7 Å². The summed E-state index contributed by atoms with van der Waals surface area (Å²) in [6.07, 6.45) is 6.72. The van der Waals surface area contributed by atoms with Crippen LogP contribution in [0.15, 0.2) is 48.8 Å². The van der Waals surface area contributed by atoms with Crippen LogP contribution >= 0.6 is 22.9 Å². The number of ether oxygens (including phenoxy) is 1. The second-order valence-corrected chi connectivity index (χ2v) is 11.4. The van der Waals surface area contributed by atoms with E-state index in [9.17, 15) is 4.79 Å². The van der Waals surface area contributed by atoms with Crippen molar-refractivity contribution < 1.29 is 9.53 Å². The van der Waals surface area contributed by atoms with Crippen LogP contribution in [0.3, 0.4) is 0 Å². The fourth-order valence-electron chi connectivity index (χ4n) is 4.59. The lowest BCUT2D eigenvalue weighted by atomic mass is 9.95. The van der Waals surface area contributed by atoms with E-state index in [0.29, 0.717) is 16.3 Å². The van der Waals surface area contributed by atoms with Gasteiger partial charge in [0.25, 0.3) is 5.91 Å². The fraction of sp³-hybridized carbons (Fsp3) is 0.345. The molecule has 0 bridgehead atoms. The zero-order chi connectivity index (χ0) is 26.2. The molecule has 0 unspecified atom stereocenters. The van der Waals surface area contributed by atoms with Crippen LogP contribution in [0.2, 0.25) is 5.02 Å². The average molecular weight is 535 g/mol. The highest BCUT2D eigenvalue weighted by Gasteiger charge is 2.47. The van der Waals surface area contributed by atoms with Crippen LogP contribution in [0, 0.1) is 13.8 Å². The van der Waals surface area contributed by atoms with Gasteiger partial charge in [-0.05, 0) is 88.6 Å². The zero-order valence-electron chi connectivity index (χ0n) is 21.6. The molecule has 1 N–H and O–H groups in total. The van der Waals surface area contributed by atoms with Gasteiger partial charge in [-0.2, -0.15) is 0 Å². The number of amides is 1. The minimum atomic E-state index is -0.451. The number of carbonyl (C=O) groups is 1. The molecule has 6 rings (SSSR count). The van der Waals surface area contributed by atoms with E-state index in [-0.39, 0.29) is 5.91 Å². The van der Waals surface area contributed by atoms with Gasteiger partial charge >= 0.3 is 0 Å². The number of nitrogens with zero attached hydrogens (tertiary/aromatic N) is 3. The van der Waals surface area contributed by atoms with Gasteiger partial charge in [-0.3, -0.25) is 9.78 Å². The third kappa shape index (κ3) is 5.21. The van der Waals surface area contributed by atoms with E-state index in [0.717, 1.165) is 50.3 Å². The van der Waals surface area contributed by atoms with E-state index in [1.165, 1.54) is 19.5 Å². The van der Waals surface area contributed by atoms with E-state index in [2.05, 4.69) is 33.3 Å². The van der Waals surface area contributed by atoms with Crippen molar-refractivity contribution in [1.82, 2.24) is 20.2 Å². The SMILES string of the molecule is CN1CCC1.COc1ccc(C)c(C(=O)NC2(c3cc(-c4cnc(C)s4)c(Cl)c4ncccc34)CC2)c1. The lowest BCUT2D eigenvalue weighted by Gasteiger charge is -2.24. The first kappa shape index (κ1) is 25.6. The predicted molar refractivity (Wildman–Crippen MR) is 151 cm³/mol. The maximum Gasteiger partial charge on any atom is 0.252 e. The molecule has 8 heteroatoms. The number of aromatic nitrogens is 2. The van der Waals surface area contributed by atoms with Crippen LogP contribution < -0.4 is 10.1 Å². The third-order valence-corrected chi connectivity index (χ3v) is 8.43. The number of methoxy groups -OCH3 is 1. The summed E-state index contributed by atoms with van der Waals surface area (Å²) in [6.45, 7) is 6.54. The lowest BCUT2D eigenvalue weighted by molar-refractivity contribution is 0.0930. The van der Waals surface area contributed by atoms with Crippen LogP contribution in [-0.4, -0.2) is 48.0 Å². The number of halogens is 1. The van der Waals surface area contributed by atoms with E-state index in [1.807, 2.05) is 44.3 Å². The molecule has 2 fully saturated rings. The molecule has 192 valence electrons. The molecule has 0 atom stereocenters. The van der Waals surface area contributed by atoms with Gasteiger partial charge < -0.3 is 15.0 Å².